The number of nitrogens with one attached hydrogen (secondary N) is 4. The van der Waals surface area contributed by atoms with Crippen molar-refractivity contribution in [2.75, 3.05) is 0 Å². The highest BCUT2D eigenvalue weighted by Crippen LogP contribution is 2.22. The van der Waals surface area contributed by atoms with Gasteiger partial charge in [0.2, 0.25) is 5.91 Å². The maximum absolute atomic E-state index is 13.0. The first-order chi connectivity index (χ1) is 16.1. The fraction of sp³-hybridized carbons (Fsp3) is 0.296. The van der Waals surface area contributed by atoms with E-state index in [-0.39, 0.29) is 17.7 Å². The fourth-order valence-corrected chi connectivity index (χ4v) is 4.21. The highest BCUT2D eigenvalue weighted by molar-refractivity contribution is 5.89. The summed E-state index contributed by atoms with van der Waals surface area (Å²) in [6.45, 7) is 1.63. The molecule has 0 saturated heterocycles. The van der Waals surface area contributed by atoms with E-state index in [2.05, 4.69) is 32.4 Å². The van der Waals surface area contributed by atoms with Gasteiger partial charge in [0.1, 0.15) is 18.0 Å². The Labute approximate surface area is 193 Å². The molecule has 6 heteroatoms. The van der Waals surface area contributed by atoms with Crippen LogP contribution in [0.1, 0.15) is 56.5 Å². The van der Waals surface area contributed by atoms with Crippen molar-refractivity contribution in [1.29, 1.82) is 0 Å². The van der Waals surface area contributed by atoms with Crippen molar-refractivity contribution in [1.82, 2.24) is 15.3 Å². The number of H-pyrrole nitrogens is 3. The van der Waals surface area contributed by atoms with E-state index in [0.717, 1.165) is 59.2 Å². The van der Waals surface area contributed by atoms with E-state index >= 15 is 0 Å². The molecule has 170 valence electrons. The molecule has 4 N–H and O–H groups in total. The Morgan fingerprint density at radius 2 is 1.79 bits per heavy atom. The van der Waals surface area contributed by atoms with Crippen LogP contribution in [0.3, 0.4) is 0 Å². The quantitative estimate of drug-likeness (QED) is 0.287. The summed E-state index contributed by atoms with van der Waals surface area (Å²) in [4.78, 5) is 34.2. The van der Waals surface area contributed by atoms with Gasteiger partial charge in [-0.25, -0.2) is 9.97 Å². The smallest absolute Gasteiger partial charge is 0.275 e. The van der Waals surface area contributed by atoms with E-state index in [1.54, 1.807) is 6.92 Å². The number of fused-ring (bicyclic) bond motifs is 1. The van der Waals surface area contributed by atoms with Crippen LogP contribution in [-0.2, 0) is 16.0 Å². The number of rotatable bonds is 11. The highest BCUT2D eigenvalue weighted by atomic mass is 16.1. The number of hydrogen-bond donors (Lipinski definition) is 3. The first kappa shape index (κ1) is 22.5. The second-order valence-corrected chi connectivity index (χ2v) is 8.56. The van der Waals surface area contributed by atoms with Gasteiger partial charge in [0.15, 0.2) is 5.69 Å². The zero-order valence-corrected chi connectivity index (χ0v) is 19.0. The molecule has 0 radical (unpaired) electrons. The van der Waals surface area contributed by atoms with Crippen LogP contribution < -0.4 is 10.3 Å². The molecule has 4 aromatic rings. The van der Waals surface area contributed by atoms with Crippen molar-refractivity contribution in [3.63, 3.8) is 0 Å². The molecule has 4 rings (SSSR count). The third-order valence-electron chi connectivity index (χ3n) is 5.96. The van der Waals surface area contributed by atoms with Crippen molar-refractivity contribution in [2.24, 2.45) is 0 Å². The Balaban J connectivity index is 1.45. The normalized spacial score (nSPS) is 12.0. The van der Waals surface area contributed by atoms with Gasteiger partial charge in [0, 0.05) is 29.1 Å². The van der Waals surface area contributed by atoms with Crippen LogP contribution in [0.4, 0.5) is 0 Å². The average molecular weight is 444 g/mol. The Kier molecular flexibility index (Phi) is 7.35. The van der Waals surface area contributed by atoms with E-state index in [0.29, 0.717) is 12.8 Å². The monoisotopic (exact) mass is 443 g/mol. The van der Waals surface area contributed by atoms with Crippen molar-refractivity contribution < 1.29 is 14.6 Å². The number of benzene rings is 2. The number of imidazole rings is 1. The minimum absolute atomic E-state index is 0.0160. The standard InChI is InChI=1S/C27H30N4O2/c1-19(32)10-4-2-7-15-24(27-29-18-25(31-27)20-11-5-3-6-12-20)30-26(33)16-21-17-28-23-14-9-8-13-22(21)23/h3,5-6,8-9,11-14,17-18,24,28H,2,4,7,10,15-16H2,1H3,(H,29,31)(H,30,33)/p+1/t24-/m0/s1. The average Bonchev–Trinajstić information content (AvgIpc) is 3.46. The third kappa shape index (κ3) is 5.98. The van der Waals surface area contributed by atoms with Gasteiger partial charge < -0.3 is 15.1 Å². The molecule has 6 nitrogen and oxygen atoms in total. The van der Waals surface area contributed by atoms with Gasteiger partial charge in [0.25, 0.3) is 5.82 Å². The Hall–Kier alpha value is -3.67. The Morgan fingerprint density at radius 3 is 2.61 bits per heavy atom. The molecule has 0 bridgehead atoms. The number of carbonyl (C=O) groups is 2. The van der Waals surface area contributed by atoms with Gasteiger partial charge in [0.05, 0.1) is 6.42 Å². The molecular formula is C27H31N4O2+. The summed E-state index contributed by atoms with van der Waals surface area (Å²) >= 11 is 0. The van der Waals surface area contributed by atoms with Gasteiger partial charge in [-0.15, -0.1) is 0 Å². The van der Waals surface area contributed by atoms with Crippen LogP contribution in [0.15, 0.2) is 67.0 Å². The van der Waals surface area contributed by atoms with Crippen molar-refractivity contribution in [2.45, 2.75) is 51.5 Å². The molecule has 0 aliphatic rings. The zero-order chi connectivity index (χ0) is 23.0. The highest BCUT2D eigenvalue weighted by Gasteiger charge is 2.23. The summed E-state index contributed by atoms with van der Waals surface area (Å²) < 4.78 is 0. The molecule has 0 unspecified atom stereocenters. The Morgan fingerprint density at radius 1 is 1.00 bits per heavy atom. The predicted molar refractivity (Wildman–Crippen MR) is 129 cm³/mol. The number of unbranched alkanes of at least 4 members (excludes halogenated alkanes) is 2. The molecule has 0 saturated carbocycles. The number of para-hydroxylation sites is 1. The molecule has 33 heavy (non-hydrogen) atoms. The molecule has 1 amide bonds. The number of Topliss-reactive ketones (excluding diaryl/α,β-unsaturated/α-hetero) is 1. The molecule has 0 aliphatic heterocycles. The topological polar surface area (TPSA) is 91.9 Å². The van der Waals surface area contributed by atoms with E-state index in [1.165, 1.54) is 0 Å². The minimum atomic E-state index is -0.155. The third-order valence-corrected chi connectivity index (χ3v) is 5.96. The molecule has 2 heterocycles. The first-order valence-electron chi connectivity index (χ1n) is 11.6. The number of ketones is 1. The van der Waals surface area contributed by atoms with Crippen molar-refractivity contribution >= 4 is 22.6 Å². The van der Waals surface area contributed by atoms with E-state index in [4.69, 9.17) is 0 Å². The van der Waals surface area contributed by atoms with Crippen LogP contribution in [-0.4, -0.2) is 21.7 Å². The molecule has 2 aromatic heterocycles. The lowest BCUT2D eigenvalue weighted by Gasteiger charge is -2.14. The zero-order valence-electron chi connectivity index (χ0n) is 19.0. The number of carbonyl (C=O) groups excluding carboxylic acids is 2. The van der Waals surface area contributed by atoms with Gasteiger partial charge in [-0.05, 0) is 31.4 Å². The molecular weight excluding hydrogens is 412 g/mol. The molecule has 1 atom stereocenters. The fourth-order valence-electron chi connectivity index (χ4n) is 4.21. The first-order valence-corrected chi connectivity index (χ1v) is 11.6. The van der Waals surface area contributed by atoms with Crippen LogP contribution >= 0.6 is 0 Å². The summed E-state index contributed by atoms with van der Waals surface area (Å²) in [7, 11) is 0. The largest absolute Gasteiger partial charge is 0.361 e. The predicted octanol–water partition coefficient (Wildman–Crippen LogP) is 4.92. The number of aromatic nitrogens is 3. The van der Waals surface area contributed by atoms with Gasteiger partial charge in [-0.2, -0.15) is 0 Å². The van der Waals surface area contributed by atoms with E-state index < -0.39 is 0 Å². The maximum atomic E-state index is 13.0. The summed E-state index contributed by atoms with van der Waals surface area (Å²) in [6.07, 6.45) is 8.35. The summed E-state index contributed by atoms with van der Waals surface area (Å²) in [5, 5.41) is 4.29. The summed E-state index contributed by atoms with van der Waals surface area (Å²) in [5.41, 5.74) is 4.10. The SMILES string of the molecule is CC(=O)CCCCC[C@H](NC(=O)Cc1c[nH]c2ccccc12)c1[nH]c(-c2ccccc2)c[nH+]1. The Bertz CT molecular complexity index is 1210. The van der Waals surface area contributed by atoms with Crippen LogP contribution in [0.25, 0.3) is 22.2 Å². The molecule has 0 fully saturated rings. The van der Waals surface area contributed by atoms with Crippen LogP contribution in [0.2, 0.25) is 0 Å². The second-order valence-electron chi connectivity index (χ2n) is 8.56. The van der Waals surface area contributed by atoms with Crippen LogP contribution in [0.5, 0.6) is 0 Å². The lowest BCUT2D eigenvalue weighted by molar-refractivity contribution is -0.391. The molecule has 2 aromatic carbocycles. The van der Waals surface area contributed by atoms with Crippen molar-refractivity contribution in [3.8, 4) is 11.3 Å². The van der Waals surface area contributed by atoms with Crippen LogP contribution in [0, 0.1) is 0 Å². The second kappa shape index (κ2) is 10.8. The van der Waals surface area contributed by atoms with Crippen molar-refractivity contribution in [3.05, 3.63) is 78.4 Å². The molecule has 0 aliphatic carbocycles. The van der Waals surface area contributed by atoms with Gasteiger partial charge in [-0.3, -0.25) is 4.79 Å². The lowest BCUT2D eigenvalue weighted by Crippen LogP contribution is -2.33. The van der Waals surface area contributed by atoms with Gasteiger partial charge in [-0.1, -0.05) is 61.4 Å². The molecule has 0 spiro atoms. The maximum Gasteiger partial charge on any atom is 0.275 e. The van der Waals surface area contributed by atoms with E-state index in [9.17, 15) is 9.59 Å². The van der Waals surface area contributed by atoms with E-state index in [1.807, 2.05) is 54.9 Å². The summed E-state index contributed by atoms with van der Waals surface area (Å²) in [6, 6.07) is 18.0. The summed E-state index contributed by atoms with van der Waals surface area (Å²) in [5.74, 6) is 1.09. The van der Waals surface area contributed by atoms with Gasteiger partial charge >= 0.3 is 0 Å². The minimum Gasteiger partial charge on any atom is -0.361 e. The number of hydrogen-bond acceptors (Lipinski definition) is 2. The number of amides is 1. The lowest BCUT2D eigenvalue weighted by atomic mass is 10.0. The number of aromatic amines is 3.